The summed E-state index contributed by atoms with van der Waals surface area (Å²) >= 11 is 0. The van der Waals surface area contributed by atoms with Gasteiger partial charge in [-0.3, -0.25) is 0 Å². The summed E-state index contributed by atoms with van der Waals surface area (Å²) in [5.74, 6) is 0. The maximum absolute atomic E-state index is 12.1. The number of rotatable bonds is 4. The summed E-state index contributed by atoms with van der Waals surface area (Å²) in [6.07, 6.45) is -0.998. The van der Waals surface area contributed by atoms with Gasteiger partial charge in [0.15, 0.2) is 0 Å². The van der Waals surface area contributed by atoms with Crippen LogP contribution in [0.15, 0.2) is 0 Å². The molecule has 0 aliphatic heterocycles. The van der Waals surface area contributed by atoms with Crippen LogP contribution in [0.1, 0.15) is 39.0 Å². The molecule has 5 heteroatoms. The average Bonchev–Trinajstić information content (AvgIpc) is 2.20. The van der Waals surface area contributed by atoms with Crippen LogP contribution in [0.4, 0.5) is 13.2 Å². The fourth-order valence-electron chi connectivity index (χ4n) is 2.34. The lowest BCUT2D eigenvalue weighted by Gasteiger charge is -2.35. The van der Waals surface area contributed by atoms with Crippen LogP contribution in [-0.2, 0) is 0 Å². The Morgan fingerprint density at radius 1 is 1.19 bits per heavy atom. The first kappa shape index (κ1) is 13.8. The summed E-state index contributed by atoms with van der Waals surface area (Å²) in [6.45, 7) is 2.74. The predicted octanol–water partition coefficient (Wildman–Crippen LogP) is 2.53. The largest absolute Gasteiger partial charge is 0.390 e. The highest BCUT2D eigenvalue weighted by Gasteiger charge is 2.30. The van der Waals surface area contributed by atoms with E-state index in [2.05, 4.69) is 0 Å². The van der Waals surface area contributed by atoms with Crippen molar-refractivity contribution in [3.8, 4) is 0 Å². The fourth-order valence-corrected chi connectivity index (χ4v) is 2.34. The number of hydrogen-bond donors (Lipinski definition) is 1. The first-order valence-electron chi connectivity index (χ1n) is 5.98. The number of nitrogens with two attached hydrogens (primary N) is 1. The molecule has 1 fully saturated rings. The van der Waals surface area contributed by atoms with Gasteiger partial charge in [0, 0.05) is 18.6 Å². The lowest BCUT2D eigenvalue weighted by molar-refractivity contribution is -0.139. The standard InChI is InChI=1S/C11H21F3N2/c1-2-16(8-7-11(12,13)14)10-5-3-9(15)4-6-10/h9-10H,2-8,15H2,1H3. The van der Waals surface area contributed by atoms with Crippen molar-refractivity contribution in [3.63, 3.8) is 0 Å². The van der Waals surface area contributed by atoms with Gasteiger partial charge in [0.25, 0.3) is 0 Å². The zero-order valence-electron chi connectivity index (χ0n) is 9.76. The van der Waals surface area contributed by atoms with Crippen molar-refractivity contribution in [2.24, 2.45) is 5.73 Å². The predicted molar refractivity (Wildman–Crippen MR) is 58.2 cm³/mol. The molecule has 0 spiro atoms. The molecule has 1 aliphatic rings. The molecule has 0 saturated heterocycles. The van der Waals surface area contributed by atoms with Gasteiger partial charge < -0.3 is 10.6 Å². The SMILES string of the molecule is CCN(CCC(F)(F)F)C1CCC(N)CC1. The second-order valence-corrected chi connectivity index (χ2v) is 4.56. The second-order valence-electron chi connectivity index (χ2n) is 4.56. The van der Waals surface area contributed by atoms with Crippen LogP contribution >= 0.6 is 0 Å². The third-order valence-electron chi connectivity index (χ3n) is 3.35. The van der Waals surface area contributed by atoms with Gasteiger partial charge in [-0.15, -0.1) is 0 Å². The van der Waals surface area contributed by atoms with Crippen LogP contribution in [0.3, 0.4) is 0 Å². The van der Waals surface area contributed by atoms with Crippen molar-refractivity contribution in [2.45, 2.75) is 57.3 Å². The van der Waals surface area contributed by atoms with E-state index in [1.165, 1.54) is 0 Å². The summed E-state index contributed by atoms with van der Waals surface area (Å²) in [5, 5.41) is 0. The molecule has 0 aromatic heterocycles. The van der Waals surface area contributed by atoms with Gasteiger partial charge in [-0.2, -0.15) is 13.2 Å². The number of alkyl halides is 3. The Morgan fingerprint density at radius 2 is 1.75 bits per heavy atom. The smallest absolute Gasteiger partial charge is 0.328 e. The Morgan fingerprint density at radius 3 is 2.19 bits per heavy atom. The number of hydrogen-bond acceptors (Lipinski definition) is 2. The molecular formula is C11H21F3N2. The molecule has 0 aromatic rings. The molecule has 0 atom stereocenters. The first-order chi connectivity index (χ1) is 7.42. The van der Waals surface area contributed by atoms with Crippen molar-refractivity contribution >= 4 is 0 Å². The van der Waals surface area contributed by atoms with E-state index in [1.807, 2.05) is 11.8 Å². The van der Waals surface area contributed by atoms with Gasteiger partial charge in [0.1, 0.15) is 0 Å². The van der Waals surface area contributed by atoms with E-state index in [1.54, 1.807) is 0 Å². The van der Waals surface area contributed by atoms with Crippen molar-refractivity contribution in [2.75, 3.05) is 13.1 Å². The molecule has 1 aliphatic carbocycles. The van der Waals surface area contributed by atoms with Gasteiger partial charge in [0.05, 0.1) is 6.42 Å². The van der Waals surface area contributed by atoms with Crippen molar-refractivity contribution < 1.29 is 13.2 Å². The Kier molecular flexibility index (Phi) is 5.05. The summed E-state index contributed by atoms with van der Waals surface area (Å²) < 4.78 is 36.4. The molecule has 0 unspecified atom stereocenters. The average molecular weight is 238 g/mol. The van der Waals surface area contributed by atoms with Gasteiger partial charge in [0.2, 0.25) is 0 Å². The molecule has 2 N–H and O–H groups in total. The van der Waals surface area contributed by atoms with Crippen LogP contribution in [0, 0.1) is 0 Å². The second kappa shape index (κ2) is 5.87. The zero-order chi connectivity index (χ0) is 12.2. The van der Waals surface area contributed by atoms with E-state index < -0.39 is 12.6 Å². The molecule has 0 heterocycles. The fraction of sp³-hybridized carbons (Fsp3) is 1.00. The highest BCUT2D eigenvalue weighted by Crippen LogP contribution is 2.25. The molecule has 16 heavy (non-hydrogen) atoms. The van der Waals surface area contributed by atoms with E-state index in [9.17, 15) is 13.2 Å². The summed E-state index contributed by atoms with van der Waals surface area (Å²) in [5.41, 5.74) is 5.78. The quantitative estimate of drug-likeness (QED) is 0.815. The van der Waals surface area contributed by atoms with Gasteiger partial charge in [-0.05, 0) is 32.2 Å². The number of nitrogens with zero attached hydrogens (tertiary/aromatic N) is 1. The van der Waals surface area contributed by atoms with E-state index in [0.717, 1.165) is 25.7 Å². The normalized spacial score (nSPS) is 27.4. The van der Waals surface area contributed by atoms with Crippen molar-refractivity contribution in [1.29, 1.82) is 0 Å². The molecule has 1 saturated carbocycles. The van der Waals surface area contributed by atoms with E-state index >= 15 is 0 Å². The van der Waals surface area contributed by atoms with Crippen LogP contribution in [0.5, 0.6) is 0 Å². The Balaban J connectivity index is 2.36. The van der Waals surface area contributed by atoms with Gasteiger partial charge in [-0.25, -0.2) is 0 Å². The van der Waals surface area contributed by atoms with Crippen LogP contribution in [0.25, 0.3) is 0 Å². The molecule has 2 nitrogen and oxygen atoms in total. The zero-order valence-corrected chi connectivity index (χ0v) is 9.76. The maximum atomic E-state index is 12.1. The first-order valence-corrected chi connectivity index (χ1v) is 5.98. The summed E-state index contributed by atoms with van der Waals surface area (Å²) in [7, 11) is 0. The maximum Gasteiger partial charge on any atom is 0.390 e. The third-order valence-corrected chi connectivity index (χ3v) is 3.35. The minimum atomic E-state index is -4.04. The number of halogens is 3. The van der Waals surface area contributed by atoms with Gasteiger partial charge >= 0.3 is 6.18 Å². The summed E-state index contributed by atoms with van der Waals surface area (Å²) in [4.78, 5) is 1.94. The Hall–Kier alpha value is -0.290. The van der Waals surface area contributed by atoms with Crippen LogP contribution < -0.4 is 5.73 Å². The molecule has 0 amide bonds. The monoisotopic (exact) mass is 238 g/mol. The van der Waals surface area contributed by atoms with Gasteiger partial charge in [-0.1, -0.05) is 6.92 Å². The summed E-state index contributed by atoms with van der Waals surface area (Å²) in [6, 6.07) is 0.546. The third kappa shape index (κ3) is 4.70. The molecule has 0 bridgehead atoms. The molecule has 1 rings (SSSR count). The van der Waals surface area contributed by atoms with E-state index in [-0.39, 0.29) is 12.6 Å². The van der Waals surface area contributed by atoms with Crippen molar-refractivity contribution in [3.05, 3.63) is 0 Å². The molecular weight excluding hydrogens is 217 g/mol. The highest BCUT2D eigenvalue weighted by molar-refractivity contribution is 4.81. The lowest BCUT2D eigenvalue weighted by atomic mass is 9.90. The Labute approximate surface area is 95.0 Å². The van der Waals surface area contributed by atoms with Crippen molar-refractivity contribution in [1.82, 2.24) is 4.90 Å². The Bertz CT molecular complexity index is 198. The molecule has 96 valence electrons. The van der Waals surface area contributed by atoms with Crippen LogP contribution in [-0.4, -0.2) is 36.2 Å². The minimum Gasteiger partial charge on any atom is -0.328 e. The topological polar surface area (TPSA) is 29.3 Å². The molecule has 0 aromatic carbocycles. The molecule has 0 radical (unpaired) electrons. The minimum absolute atomic E-state index is 0.125. The van der Waals surface area contributed by atoms with E-state index in [4.69, 9.17) is 5.73 Å². The van der Waals surface area contributed by atoms with E-state index in [0.29, 0.717) is 12.6 Å². The lowest BCUT2D eigenvalue weighted by Crippen LogP contribution is -2.42. The highest BCUT2D eigenvalue weighted by atomic mass is 19.4. The van der Waals surface area contributed by atoms with Crippen LogP contribution in [0.2, 0.25) is 0 Å².